The number of nitrogens with zero attached hydrogens (tertiary/aromatic N) is 3. The zero-order valence-corrected chi connectivity index (χ0v) is 13.3. The molecule has 1 aromatic carbocycles. The van der Waals surface area contributed by atoms with E-state index in [1.54, 1.807) is 16.6 Å². The first-order valence-electron chi connectivity index (χ1n) is 7.76. The quantitative estimate of drug-likeness (QED) is 0.934. The van der Waals surface area contributed by atoms with E-state index in [1.165, 1.54) is 0 Å². The van der Waals surface area contributed by atoms with Gasteiger partial charge in [-0.2, -0.15) is 5.10 Å². The van der Waals surface area contributed by atoms with Crippen LogP contribution in [0.1, 0.15) is 28.9 Å². The van der Waals surface area contributed by atoms with Crippen LogP contribution in [0.5, 0.6) is 0 Å². The van der Waals surface area contributed by atoms with E-state index in [0.717, 1.165) is 17.7 Å². The van der Waals surface area contributed by atoms with Gasteiger partial charge in [-0.3, -0.25) is 9.59 Å². The molecule has 1 atom stereocenters. The summed E-state index contributed by atoms with van der Waals surface area (Å²) in [6.45, 7) is 2.46. The van der Waals surface area contributed by atoms with Crippen LogP contribution in [0.25, 0.3) is 5.69 Å². The van der Waals surface area contributed by atoms with Crippen molar-refractivity contribution in [3.63, 3.8) is 0 Å². The fraction of sp³-hybridized carbons (Fsp3) is 0.353. The number of likely N-dealkylation sites (N-methyl/N-ethyl adjacent to an activating group) is 1. The van der Waals surface area contributed by atoms with Crippen LogP contribution in [0, 0.1) is 6.92 Å². The second-order valence-corrected chi connectivity index (χ2v) is 5.71. The van der Waals surface area contributed by atoms with Crippen LogP contribution < -0.4 is 5.32 Å². The van der Waals surface area contributed by atoms with Crippen molar-refractivity contribution >= 4 is 11.8 Å². The highest BCUT2D eigenvalue weighted by atomic mass is 16.2. The highest BCUT2D eigenvalue weighted by Crippen LogP contribution is 2.21. The molecule has 0 aliphatic carbocycles. The lowest BCUT2D eigenvalue weighted by molar-refractivity contribution is -0.124. The molecule has 2 aromatic rings. The van der Waals surface area contributed by atoms with Crippen molar-refractivity contribution in [2.45, 2.75) is 25.8 Å². The maximum absolute atomic E-state index is 12.8. The van der Waals surface area contributed by atoms with Gasteiger partial charge in [-0.1, -0.05) is 18.2 Å². The van der Waals surface area contributed by atoms with E-state index in [-0.39, 0.29) is 11.8 Å². The molecule has 0 saturated carbocycles. The Balaban J connectivity index is 1.88. The highest BCUT2D eigenvalue weighted by Gasteiger charge is 2.35. The number of nitrogens with one attached hydrogen (secondary N) is 1. The molecule has 3 rings (SSSR count). The first kappa shape index (κ1) is 15.3. The Labute approximate surface area is 135 Å². The Morgan fingerprint density at radius 1 is 1.26 bits per heavy atom. The number of hydrogen-bond donors (Lipinski definition) is 1. The fourth-order valence-electron chi connectivity index (χ4n) is 2.97. The van der Waals surface area contributed by atoms with E-state index in [4.69, 9.17) is 0 Å². The van der Waals surface area contributed by atoms with Gasteiger partial charge in [0, 0.05) is 25.4 Å². The predicted molar refractivity (Wildman–Crippen MR) is 86.4 cm³/mol. The lowest BCUT2D eigenvalue weighted by Gasteiger charge is -2.22. The molecule has 1 aliphatic rings. The van der Waals surface area contributed by atoms with Crippen LogP contribution in [-0.2, 0) is 4.79 Å². The number of aromatic nitrogens is 2. The molecule has 6 nitrogen and oxygen atoms in total. The Hall–Kier alpha value is -2.63. The first-order valence-corrected chi connectivity index (χ1v) is 7.76. The smallest absolute Gasteiger partial charge is 0.275 e. The number of para-hydroxylation sites is 1. The third kappa shape index (κ3) is 2.84. The molecule has 23 heavy (non-hydrogen) atoms. The molecular weight excluding hydrogens is 292 g/mol. The van der Waals surface area contributed by atoms with Crippen LogP contribution in [0.4, 0.5) is 0 Å². The molecule has 0 radical (unpaired) electrons. The van der Waals surface area contributed by atoms with E-state index < -0.39 is 6.04 Å². The summed E-state index contributed by atoms with van der Waals surface area (Å²) in [5, 5.41) is 7.07. The molecule has 1 fully saturated rings. The number of hydrogen-bond acceptors (Lipinski definition) is 3. The summed E-state index contributed by atoms with van der Waals surface area (Å²) in [5.41, 5.74) is 2.12. The number of aryl methyl sites for hydroxylation is 1. The van der Waals surface area contributed by atoms with Crippen molar-refractivity contribution in [2.24, 2.45) is 0 Å². The third-order valence-electron chi connectivity index (χ3n) is 4.18. The van der Waals surface area contributed by atoms with Gasteiger partial charge in [0.05, 0.1) is 5.69 Å². The number of likely N-dealkylation sites (tertiary alicyclic amines) is 1. The van der Waals surface area contributed by atoms with Gasteiger partial charge in [0.15, 0.2) is 5.69 Å². The molecule has 1 N–H and O–H groups in total. The first-order chi connectivity index (χ1) is 11.1. The van der Waals surface area contributed by atoms with Crippen LogP contribution in [0.2, 0.25) is 0 Å². The molecule has 0 bridgehead atoms. The van der Waals surface area contributed by atoms with E-state index in [9.17, 15) is 9.59 Å². The average molecular weight is 312 g/mol. The largest absolute Gasteiger partial charge is 0.357 e. The highest BCUT2D eigenvalue weighted by molar-refractivity contribution is 5.97. The van der Waals surface area contributed by atoms with Crippen LogP contribution in [0.3, 0.4) is 0 Å². The second-order valence-electron chi connectivity index (χ2n) is 5.71. The average Bonchev–Trinajstić information content (AvgIpc) is 3.21. The zero-order chi connectivity index (χ0) is 16.4. The SMILES string of the molecule is CNC(=O)[C@@H]1CCCN1C(=O)c1nn(-c2ccccc2)cc1C. The van der Waals surface area contributed by atoms with Gasteiger partial charge < -0.3 is 10.2 Å². The van der Waals surface area contributed by atoms with Gasteiger partial charge in [-0.25, -0.2) is 4.68 Å². The van der Waals surface area contributed by atoms with Crippen molar-refractivity contribution in [1.29, 1.82) is 0 Å². The topological polar surface area (TPSA) is 67.2 Å². The number of benzene rings is 1. The van der Waals surface area contributed by atoms with Crippen LogP contribution >= 0.6 is 0 Å². The Bertz CT molecular complexity index is 723. The molecule has 0 unspecified atom stereocenters. The maximum atomic E-state index is 12.8. The normalized spacial score (nSPS) is 17.3. The Kier molecular flexibility index (Phi) is 4.14. The summed E-state index contributed by atoms with van der Waals surface area (Å²) in [5.74, 6) is -0.292. The summed E-state index contributed by atoms with van der Waals surface area (Å²) in [6, 6.07) is 9.26. The summed E-state index contributed by atoms with van der Waals surface area (Å²) in [6.07, 6.45) is 3.37. The summed E-state index contributed by atoms with van der Waals surface area (Å²) in [4.78, 5) is 26.4. The van der Waals surface area contributed by atoms with Crippen LogP contribution in [-0.4, -0.2) is 46.1 Å². The molecule has 1 saturated heterocycles. The Morgan fingerprint density at radius 2 is 2.00 bits per heavy atom. The fourth-order valence-corrected chi connectivity index (χ4v) is 2.97. The van der Waals surface area contributed by atoms with E-state index in [2.05, 4.69) is 10.4 Å². The number of amides is 2. The summed E-state index contributed by atoms with van der Waals surface area (Å²) in [7, 11) is 1.60. The van der Waals surface area contributed by atoms with Crippen molar-refractivity contribution in [1.82, 2.24) is 20.0 Å². The van der Waals surface area contributed by atoms with Gasteiger partial charge in [-0.05, 0) is 31.9 Å². The standard InChI is InChI=1S/C17H20N4O2/c1-12-11-21(13-7-4-3-5-8-13)19-15(12)17(23)20-10-6-9-14(20)16(22)18-2/h3-5,7-8,11,14H,6,9-10H2,1-2H3,(H,18,22)/t14-/m0/s1. The number of carbonyl (C=O) groups is 2. The summed E-state index contributed by atoms with van der Waals surface area (Å²) >= 11 is 0. The van der Waals surface area contributed by atoms with Gasteiger partial charge >= 0.3 is 0 Å². The van der Waals surface area contributed by atoms with E-state index >= 15 is 0 Å². The minimum absolute atomic E-state index is 0.115. The van der Waals surface area contributed by atoms with E-state index in [1.807, 2.05) is 43.5 Å². The van der Waals surface area contributed by atoms with Crippen molar-refractivity contribution < 1.29 is 9.59 Å². The van der Waals surface area contributed by atoms with Crippen molar-refractivity contribution in [3.8, 4) is 5.69 Å². The molecule has 0 spiro atoms. The van der Waals surface area contributed by atoms with Gasteiger partial charge in [0.2, 0.25) is 5.91 Å². The monoisotopic (exact) mass is 312 g/mol. The minimum atomic E-state index is -0.395. The van der Waals surface area contributed by atoms with E-state index in [0.29, 0.717) is 18.7 Å². The second kappa shape index (κ2) is 6.24. The molecule has 1 aromatic heterocycles. The summed E-state index contributed by atoms with van der Waals surface area (Å²) < 4.78 is 1.70. The minimum Gasteiger partial charge on any atom is -0.357 e. The van der Waals surface area contributed by atoms with Gasteiger partial charge in [0.25, 0.3) is 5.91 Å². The van der Waals surface area contributed by atoms with Crippen molar-refractivity contribution in [2.75, 3.05) is 13.6 Å². The maximum Gasteiger partial charge on any atom is 0.275 e. The Morgan fingerprint density at radius 3 is 2.70 bits per heavy atom. The van der Waals surface area contributed by atoms with Crippen molar-refractivity contribution in [3.05, 3.63) is 47.8 Å². The molecule has 2 amide bonds. The predicted octanol–water partition coefficient (Wildman–Crippen LogP) is 1.53. The lowest BCUT2D eigenvalue weighted by Crippen LogP contribution is -2.45. The van der Waals surface area contributed by atoms with Gasteiger partial charge in [-0.15, -0.1) is 0 Å². The third-order valence-corrected chi connectivity index (χ3v) is 4.18. The number of rotatable bonds is 3. The van der Waals surface area contributed by atoms with Gasteiger partial charge in [0.1, 0.15) is 6.04 Å². The molecule has 2 heterocycles. The lowest BCUT2D eigenvalue weighted by atomic mass is 10.2. The zero-order valence-electron chi connectivity index (χ0n) is 13.3. The van der Waals surface area contributed by atoms with Crippen LogP contribution in [0.15, 0.2) is 36.5 Å². The molecular formula is C17H20N4O2. The number of carbonyl (C=O) groups excluding carboxylic acids is 2. The molecule has 120 valence electrons. The molecule has 1 aliphatic heterocycles. The molecule has 6 heteroatoms.